The predicted molar refractivity (Wildman–Crippen MR) is 81.4 cm³/mol. The van der Waals surface area contributed by atoms with Gasteiger partial charge in [-0.3, -0.25) is 4.79 Å². The van der Waals surface area contributed by atoms with Gasteiger partial charge in [0.2, 0.25) is 0 Å². The highest BCUT2D eigenvalue weighted by molar-refractivity contribution is 6.02. The summed E-state index contributed by atoms with van der Waals surface area (Å²) in [7, 11) is 2.11. The van der Waals surface area contributed by atoms with E-state index in [1.807, 2.05) is 18.2 Å². The van der Waals surface area contributed by atoms with Crippen molar-refractivity contribution in [1.82, 2.24) is 10.2 Å². The molecule has 2 heterocycles. The van der Waals surface area contributed by atoms with E-state index in [0.29, 0.717) is 0 Å². The minimum absolute atomic E-state index is 0.0263. The maximum Gasteiger partial charge on any atom is 0.253 e. The molecule has 20 heavy (non-hydrogen) atoms. The molecule has 0 bridgehead atoms. The first-order valence-electron chi connectivity index (χ1n) is 7.34. The lowest BCUT2D eigenvalue weighted by molar-refractivity contribution is 0.0913. The first-order valence-corrected chi connectivity index (χ1v) is 7.34. The number of hydrogen-bond donors (Lipinski definition) is 3. The number of likely N-dealkylation sites (N-methyl/N-ethyl adjacent to an activating group) is 1. The number of carbonyl (C=O) groups excluding carboxylic acids is 1. The Balaban J connectivity index is 1.74. The number of likely N-dealkylation sites (tertiary alicyclic amines) is 1. The number of amides is 1. The highest BCUT2D eigenvalue weighted by Crippen LogP contribution is 2.28. The predicted octanol–water partition coefficient (Wildman–Crippen LogP) is 1.35. The number of nitrogens with zero attached hydrogens (tertiary/aromatic N) is 1. The van der Waals surface area contributed by atoms with Gasteiger partial charge in [-0.1, -0.05) is 6.07 Å². The molecule has 5 nitrogen and oxygen atoms in total. The molecule has 2 aliphatic rings. The zero-order valence-corrected chi connectivity index (χ0v) is 11.9. The third-order valence-electron chi connectivity index (χ3n) is 4.01. The van der Waals surface area contributed by atoms with Crippen molar-refractivity contribution in [2.24, 2.45) is 0 Å². The van der Waals surface area contributed by atoms with E-state index < -0.39 is 0 Å². The van der Waals surface area contributed by atoms with Crippen LogP contribution in [-0.2, 0) is 0 Å². The standard InChI is InChI=1S/C15H22N4O/c1-19-9-3-4-11(10-19)18-15(20)12-5-2-6-13-14(12)17-8-7-16-13/h2,5-6,11,16-17H,3-4,7-10H2,1H3,(H,18,20). The summed E-state index contributed by atoms with van der Waals surface area (Å²) in [5.41, 5.74) is 2.69. The highest BCUT2D eigenvalue weighted by atomic mass is 16.1. The van der Waals surface area contributed by atoms with Gasteiger partial charge in [-0.05, 0) is 38.6 Å². The molecule has 0 aliphatic carbocycles. The van der Waals surface area contributed by atoms with E-state index in [4.69, 9.17) is 0 Å². The number of rotatable bonds is 2. The van der Waals surface area contributed by atoms with Gasteiger partial charge in [0, 0.05) is 25.7 Å². The van der Waals surface area contributed by atoms with Crippen molar-refractivity contribution in [1.29, 1.82) is 0 Å². The molecular formula is C15H22N4O. The average Bonchev–Trinajstić information content (AvgIpc) is 2.46. The average molecular weight is 274 g/mol. The van der Waals surface area contributed by atoms with Crippen molar-refractivity contribution in [3.05, 3.63) is 23.8 Å². The topological polar surface area (TPSA) is 56.4 Å². The molecule has 1 aromatic rings. The van der Waals surface area contributed by atoms with E-state index in [1.165, 1.54) is 0 Å². The highest BCUT2D eigenvalue weighted by Gasteiger charge is 2.22. The molecule has 1 atom stereocenters. The van der Waals surface area contributed by atoms with Gasteiger partial charge in [-0.2, -0.15) is 0 Å². The van der Waals surface area contributed by atoms with Crippen LogP contribution in [0, 0.1) is 0 Å². The Bertz CT molecular complexity index is 503. The Kier molecular flexibility index (Phi) is 3.78. The van der Waals surface area contributed by atoms with Crippen molar-refractivity contribution in [2.75, 3.05) is 43.9 Å². The van der Waals surface area contributed by atoms with Gasteiger partial charge in [0.1, 0.15) is 0 Å². The van der Waals surface area contributed by atoms with E-state index >= 15 is 0 Å². The Hall–Kier alpha value is -1.75. The molecule has 0 spiro atoms. The first-order chi connectivity index (χ1) is 9.74. The van der Waals surface area contributed by atoms with E-state index in [2.05, 4.69) is 27.9 Å². The smallest absolute Gasteiger partial charge is 0.253 e. The number of carbonyl (C=O) groups is 1. The lowest BCUT2D eigenvalue weighted by Crippen LogP contribution is -2.46. The molecule has 1 saturated heterocycles. The van der Waals surface area contributed by atoms with Crippen LogP contribution < -0.4 is 16.0 Å². The third kappa shape index (κ3) is 2.72. The fourth-order valence-corrected chi connectivity index (χ4v) is 3.01. The number of nitrogens with one attached hydrogen (secondary N) is 3. The van der Waals surface area contributed by atoms with Crippen molar-refractivity contribution >= 4 is 17.3 Å². The maximum atomic E-state index is 12.5. The van der Waals surface area contributed by atoms with Gasteiger partial charge >= 0.3 is 0 Å². The van der Waals surface area contributed by atoms with Crippen LogP contribution in [0.3, 0.4) is 0 Å². The Morgan fingerprint density at radius 1 is 1.35 bits per heavy atom. The summed E-state index contributed by atoms with van der Waals surface area (Å²) in [5, 5.41) is 9.81. The quantitative estimate of drug-likeness (QED) is 0.762. The molecule has 2 aliphatic heterocycles. The van der Waals surface area contributed by atoms with Crippen LogP contribution in [-0.4, -0.2) is 50.1 Å². The Labute approximate surface area is 119 Å². The molecule has 0 radical (unpaired) electrons. The monoisotopic (exact) mass is 274 g/mol. The number of benzene rings is 1. The van der Waals surface area contributed by atoms with E-state index in [1.54, 1.807) is 0 Å². The molecule has 1 unspecified atom stereocenters. The molecule has 3 rings (SSSR count). The van der Waals surface area contributed by atoms with Crippen molar-refractivity contribution < 1.29 is 4.79 Å². The van der Waals surface area contributed by atoms with Crippen LogP contribution >= 0.6 is 0 Å². The van der Waals surface area contributed by atoms with Crippen molar-refractivity contribution in [3.8, 4) is 0 Å². The summed E-state index contributed by atoms with van der Waals surface area (Å²) in [6.45, 7) is 3.81. The van der Waals surface area contributed by atoms with Gasteiger partial charge in [-0.15, -0.1) is 0 Å². The van der Waals surface area contributed by atoms with Gasteiger partial charge in [0.15, 0.2) is 0 Å². The van der Waals surface area contributed by atoms with Gasteiger partial charge < -0.3 is 20.9 Å². The second kappa shape index (κ2) is 5.71. The molecule has 108 valence electrons. The summed E-state index contributed by atoms with van der Waals surface area (Å²) >= 11 is 0. The maximum absolute atomic E-state index is 12.5. The van der Waals surface area contributed by atoms with Crippen LogP contribution in [0.15, 0.2) is 18.2 Å². The third-order valence-corrected chi connectivity index (χ3v) is 4.01. The number of piperidine rings is 1. The van der Waals surface area contributed by atoms with E-state index in [0.717, 1.165) is 56.0 Å². The molecule has 1 fully saturated rings. The summed E-state index contributed by atoms with van der Waals surface area (Å²) in [6, 6.07) is 6.09. The summed E-state index contributed by atoms with van der Waals surface area (Å²) in [6.07, 6.45) is 2.21. The van der Waals surface area contributed by atoms with Gasteiger partial charge in [0.25, 0.3) is 5.91 Å². The number of hydrogen-bond acceptors (Lipinski definition) is 4. The fraction of sp³-hybridized carbons (Fsp3) is 0.533. The normalized spacial score (nSPS) is 22.4. The zero-order chi connectivity index (χ0) is 13.9. The zero-order valence-electron chi connectivity index (χ0n) is 11.9. The summed E-state index contributed by atoms with van der Waals surface area (Å²) < 4.78 is 0. The number of para-hydroxylation sites is 1. The van der Waals surface area contributed by atoms with Crippen LogP contribution in [0.5, 0.6) is 0 Å². The van der Waals surface area contributed by atoms with Crippen LogP contribution in [0.1, 0.15) is 23.2 Å². The number of fused-ring (bicyclic) bond motifs is 1. The van der Waals surface area contributed by atoms with Crippen LogP contribution in [0.25, 0.3) is 0 Å². The molecular weight excluding hydrogens is 252 g/mol. The molecule has 5 heteroatoms. The fourth-order valence-electron chi connectivity index (χ4n) is 3.01. The molecule has 0 saturated carbocycles. The molecule has 1 amide bonds. The first kappa shape index (κ1) is 13.2. The molecule has 1 aromatic carbocycles. The van der Waals surface area contributed by atoms with E-state index in [-0.39, 0.29) is 11.9 Å². The van der Waals surface area contributed by atoms with E-state index in [9.17, 15) is 4.79 Å². The lowest BCUT2D eigenvalue weighted by Gasteiger charge is -2.30. The van der Waals surface area contributed by atoms with Gasteiger partial charge in [0.05, 0.1) is 16.9 Å². The Morgan fingerprint density at radius 3 is 3.05 bits per heavy atom. The van der Waals surface area contributed by atoms with Crippen LogP contribution in [0.2, 0.25) is 0 Å². The summed E-state index contributed by atoms with van der Waals surface area (Å²) in [4.78, 5) is 14.8. The number of anilines is 2. The Morgan fingerprint density at radius 2 is 2.20 bits per heavy atom. The second-order valence-electron chi connectivity index (χ2n) is 5.66. The van der Waals surface area contributed by atoms with Crippen LogP contribution in [0.4, 0.5) is 11.4 Å². The van der Waals surface area contributed by atoms with Gasteiger partial charge in [-0.25, -0.2) is 0 Å². The SMILES string of the molecule is CN1CCCC(NC(=O)c2cccc3c2NCCN3)C1. The lowest BCUT2D eigenvalue weighted by atomic mass is 10.0. The van der Waals surface area contributed by atoms with Crippen molar-refractivity contribution in [2.45, 2.75) is 18.9 Å². The molecule has 3 N–H and O–H groups in total. The van der Waals surface area contributed by atoms with Crippen molar-refractivity contribution in [3.63, 3.8) is 0 Å². The largest absolute Gasteiger partial charge is 0.382 e. The molecule has 0 aromatic heterocycles. The minimum Gasteiger partial charge on any atom is -0.382 e. The summed E-state index contributed by atoms with van der Waals surface area (Å²) in [5.74, 6) is 0.0263. The second-order valence-corrected chi connectivity index (χ2v) is 5.66. The minimum atomic E-state index is 0.0263.